The highest BCUT2D eigenvalue weighted by Gasteiger charge is 2.63. The van der Waals surface area contributed by atoms with Crippen LogP contribution in [0.15, 0.2) is 30.3 Å². The van der Waals surface area contributed by atoms with E-state index in [1.807, 2.05) is 18.2 Å². The van der Waals surface area contributed by atoms with Gasteiger partial charge in [-0.1, -0.05) is 37.3 Å². The first-order valence-electron chi connectivity index (χ1n) is 4.00. The largest absolute Gasteiger partial charge is 0.128 e. The normalized spacial score (nSPS) is 31.6. The van der Waals surface area contributed by atoms with Gasteiger partial charge in [0.15, 0.2) is 0 Å². The van der Waals surface area contributed by atoms with Crippen molar-refractivity contribution in [3.05, 3.63) is 35.9 Å². The van der Waals surface area contributed by atoms with Gasteiger partial charge in [-0.2, -0.15) is 0 Å². The molecule has 0 bridgehead atoms. The summed E-state index contributed by atoms with van der Waals surface area (Å²) in [6, 6.07) is 10.2. The van der Waals surface area contributed by atoms with Crippen molar-refractivity contribution in [2.24, 2.45) is 0 Å². The first-order chi connectivity index (χ1) is 5.56. The highest BCUT2D eigenvalue weighted by molar-refractivity contribution is 6.52. The van der Waals surface area contributed by atoms with E-state index in [2.05, 4.69) is 19.1 Å². The highest BCUT2D eigenvalue weighted by Crippen LogP contribution is 2.64. The van der Waals surface area contributed by atoms with Crippen molar-refractivity contribution in [2.45, 2.75) is 23.1 Å². The molecule has 0 amide bonds. The van der Waals surface area contributed by atoms with Crippen LogP contribution in [0.2, 0.25) is 0 Å². The number of rotatable bonds is 1. The molecule has 0 nitrogen and oxygen atoms in total. The molecular formula is C10H10Cl2. The third-order valence-electron chi connectivity index (χ3n) is 2.67. The zero-order valence-electron chi connectivity index (χ0n) is 6.85. The lowest BCUT2D eigenvalue weighted by atomic mass is 9.99. The first kappa shape index (κ1) is 8.40. The molecule has 1 aromatic rings. The maximum atomic E-state index is 6.05. The van der Waals surface area contributed by atoms with Crippen molar-refractivity contribution in [1.29, 1.82) is 0 Å². The van der Waals surface area contributed by atoms with Crippen LogP contribution in [0.25, 0.3) is 0 Å². The molecular weight excluding hydrogens is 191 g/mol. The molecule has 2 rings (SSSR count). The summed E-state index contributed by atoms with van der Waals surface area (Å²) in [6.45, 7) is 2.10. The zero-order valence-corrected chi connectivity index (χ0v) is 8.36. The Balaban J connectivity index is 2.35. The predicted molar refractivity (Wildman–Crippen MR) is 52.8 cm³/mol. The van der Waals surface area contributed by atoms with E-state index in [9.17, 15) is 0 Å². The predicted octanol–water partition coefficient (Wildman–Crippen LogP) is 3.52. The average molecular weight is 201 g/mol. The number of hydrogen-bond donors (Lipinski definition) is 0. The minimum Gasteiger partial charge on any atom is -0.101 e. The lowest BCUT2D eigenvalue weighted by Gasteiger charge is -2.11. The lowest BCUT2D eigenvalue weighted by molar-refractivity contribution is 0.774. The van der Waals surface area contributed by atoms with Crippen molar-refractivity contribution in [3.63, 3.8) is 0 Å². The van der Waals surface area contributed by atoms with E-state index < -0.39 is 4.33 Å². The van der Waals surface area contributed by atoms with Crippen molar-refractivity contribution in [3.8, 4) is 0 Å². The summed E-state index contributed by atoms with van der Waals surface area (Å²) in [7, 11) is 0. The quantitative estimate of drug-likeness (QED) is 0.609. The van der Waals surface area contributed by atoms with Crippen LogP contribution < -0.4 is 0 Å². The molecule has 1 fully saturated rings. The molecule has 1 unspecified atom stereocenters. The Kier molecular flexibility index (Phi) is 1.68. The molecule has 0 aromatic heterocycles. The van der Waals surface area contributed by atoms with Gasteiger partial charge in [0.25, 0.3) is 0 Å². The van der Waals surface area contributed by atoms with Gasteiger partial charge in [-0.05, 0) is 12.0 Å². The summed E-state index contributed by atoms with van der Waals surface area (Å²) in [4.78, 5) is 0. The van der Waals surface area contributed by atoms with Gasteiger partial charge in [-0.25, -0.2) is 0 Å². The second-order valence-corrected chi connectivity index (χ2v) is 5.06. The van der Waals surface area contributed by atoms with E-state index in [0.29, 0.717) is 0 Å². The molecule has 1 aliphatic carbocycles. The molecule has 0 aliphatic heterocycles. The fourth-order valence-corrected chi connectivity index (χ4v) is 2.27. The van der Waals surface area contributed by atoms with E-state index in [1.165, 1.54) is 5.56 Å². The van der Waals surface area contributed by atoms with E-state index in [1.54, 1.807) is 0 Å². The maximum Gasteiger partial charge on any atom is 0.128 e. The molecule has 0 spiro atoms. The Bertz CT molecular complexity index is 292. The van der Waals surface area contributed by atoms with Crippen LogP contribution in [0, 0.1) is 0 Å². The van der Waals surface area contributed by atoms with Crippen molar-refractivity contribution < 1.29 is 0 Å². The Morgan fingerprint density at radius 3 is 2.08 bits per heavy atom. The molecule has 0 saturated heterocycles. The van der Waals surface area contributed by atoms with Crippen molar-refractivity contribution in [1.82, 2.24) is 0 Å². The fourth-order valence-electron chi connectivity index (χ4n) is 1.52. The van der Waals surface area contributed by atoms with Gasteiger partial charge >= 0.3 is 0 Å². The summed E-state index contributed by atoms with van der Waals surface area (Å²) in [5.74, 6) is 0. The van der Waals surface area contributed by atoms with Gasteiger partial charge < -0.3 is 0 Å². The topological polar surface area (TPSA) is 0 Å². The molecule has 64 valence electrons. The minimum absolute atomic E-state index is 0.0304. The molecule has 1 aliphatic rings. The number of alkyl halides is 2. The SMILES string of the molecule is CC1(c2ccccc2)CC1(Cl)Cl. The summed E-state index contributed by atoms with van der Waals surface area (Å²) >= 11 is 12.1. The molecule has 1 aromatic carbocycles. The van der Waals surface area contributed by atoms with Crippen molar-refractivity contribution >= 4 is 23.2 Å². The van der Waals surface area contributed by atoms with E-state index in [-0.39, 0.29) is 5.41 Å². The summed E-state index contributed by atoms with van der Waals surface area (Å²) < 4.78 is -0.547. The van der Waals surface area contributed by atoms with Crippen LogP contribution in [-0.4, -0.2) is 4.33 Å². The van der Waals surface area contributed by atoms with E-state index in [4.69, 9.17) is 23.2 Å². The maximum absolute atomic E-state index is 6.05. The number of benzene rings is 1. The molecule has 1 saturated carbocycles. The van der Waals surface area contributed by atoms with Crippen molar-refractivity contribution in [2.75, 3.05) is 0 Å². The molecule has 0 N–H and O–H groups in total. The van der Waals surface area contributed by atoms with Crippen LogP contribution in [-0.2, 0) is 5.41 Å². The van der Waals surface area contributed by atoms with E-state index >= 15 is 0 Å². The third-order valence-corrected chi connectivity index (χ3v) is 3.77. The molecule has 1 atom stereocenters. The highest BCUT2D eigenvalue weighted by atomic mass is 35.5. The standard InChI is InChI=1S/C10H10Cl2/c1-9(7-10(9,11)12)8-5-3-2-4-6-8/h2-6H,7H2,1H3. The summed E-state index contributed by atoms with van der Waals surface area (Å²) in [5, 5.41) is 0. The van der Waals surface area contributed by atoms with Gasteiger partial charge in [0.2, 0.25) is 0 Å². The fraction of sp³-hybridized carbons (Fsp3) is 0.400. The average Bonchev–Trinajstić information content (AvgIpc) is 2.55. The van der Waals surface area contributed by atoms with Gasteiger partial charge in [-0.15, -0.1) is 23.2 Å². The Morgan fingerprint density at radius 2 is 1.67 bits per heavy atom. The minimum atomic E-state index is -0.547. The van der Waals surface area contributed by atoms with Crippen LogP contribution in [0.4, 0.5) is 0 Å². The summed E-state index contributed by atoms with van der Waals surface area (Å²) in [5.41, 5.74) is 1.20. The van der Waals surface area contributed by atoms with Gasteiger partial charge in [0, 0.05) is 5.41 Å². The molecule has 0 radical (unpaired) electrons. The number of hydrogen-bond acceptors (Lipinski definition) is 0. The Labute approximate surface area is 82.5 Å². The van der Waals surface area contributed by atoms with Gasteiger partial charge in [-0.3, -0.25) is 0 Å². The summed E-state index contributed by atoms with van der Waals surface area (Å²) in [6.07, 6.45) is 0.854. The van der Waals surface area contributed by atoms with Crippen LogP contribution in [0.5, 0.6) is 0 Å². The smallest absolute Gasteiger partial charge is 0.101 e. The van der Waals surface area contributed by atoms with Crippen LogP contribution in [0.1, 0.15) is 18.9 Å². The van der Waals surface area contributed by atoms with Crippen LogP contribution in [0.3, 0.4) is 0 Å². The molecule has 2 heteroatoms. The Hall–Kier alpha value is -0.200. The lowest BCUT2D eigenvalue weighted by Crippen LogP contribution is -2.09. The Morgan fingerprint density at radius 1 is 1.17 bits per heavy atom. The monoisotopic (exact) mass is 200 g/mol. The van der Waals surface area contributed by atoms with Crippen LogP contribution >= 0.6 is 23.2 Å². The molecule has 0 heterocycles. The second-order valence-electron chi connectivity index (χ2n) is 3.58. The van der Waals surface area contributed by atoms with Gasteiger partial charge in [0.1, 0.15) is 4.33 Å². The molecule has 12 heavy (non-hydrogen) atoms. The van der Waals surface area contributed by atoms with E-state index in [0.717, 1.165) is 6.42 Å². The second kappa shape index (κ2) is 2.40. The third kappa shape index (κ3) is 1.06. The zero-order chi connectivity index (χ0) is 8.82. The van der Waals surface area contributed by atoms with Gasteiger partial charge in [0.05, 0.1) is 0 Å². The number of halogens is 2. The first-order valence-corrected chi connectivity index (χ1v) is 4.75.